The molecule has 0 radical (unpaired) electrons. The molecule has 0 aliphatic carbocycles. The molecule has 25 heavy (non-hydrogen) atoms. The van der Waals surface area contributed by atoms with E-state index in [0.717, 1.165) is 17.1 Å². The average molecular weight is 339 g/mol. The summed E-state index contributed by atoms with van der Waals surface area (Å²) in [5.41, 5.74) is 1.56. The fraction of sp³-hybridized carbons (Fsp3) is 0.300. The molecule has 0 atom stereocenters. The van der Waals surface area contributed by atoms with Crippen molar-refractivity contribution in [2.24, 2.45) is 0 Å². The van der Waals surface area contributed by atoms with Gasteiger partial charge in [-0.15, -0.1) is 0 Å². The summed E-state index contributed by atoms with van der Waals surface area (Å²) in [5, 5.41) is 5.99. The smallest absolute Gasteiger partial charge is 0.248 e. The van der Waals surface area contributed by atoms with Crippen LogP contribution in [0.5, 0.6) is 5.75 Å². The maximum absolute atomic E-state index is 12.0. The molecular weight excluding hydrogens is 314 g/mol. The third kappa shape index (κ3) is 6.67. The summed E-state index contributed by atoms with van der Waals surface area (Å²) < 4.78 is 5.65. The van der Waals surface area contributed by atoms with Gasteiger partial charge in [0.25, 0.3) is 0 Å². The molecular formula is C20H25N3O2. The van der Waals surface area contributed by atoms with Crippen molar-refractivity contribution in [3.8, 4) is 5.75 Å². The Labute approximate surface area is 149 Å². The van der Waals surface area contributed by atoms with Gasteiger partial charge in [-0.1, -0.05) is 12.1 Å². The molecule has 0 aliphatic heterocycles. The summed E-state index contributed by atoms with van der Waals surface area (Å²) in [4.78, 5) is 16.3. The molecule has 0 spiro atoms. The third-order valence-corrected chi connectivity index (χ3v) is 3.12. The lowest BCUT2D eigenvalue weighted by atomic mass is 10.2. The van der Waals surface area contributed by atoms with Crippen molar-refractivity contribution in [1.29, 1.82) is 0 Å². The zero-order valence-corrected chi connectivity index (χ0v) is 15.1. The quantitative estimate of drug-likeness (QED) is 0.737. The zero-order chi connectivity index (χ0) is 18.2. The van der Waals surface area contributed by atoms with Gasteiger partial charge in [-0.2, -0.15) is 0 Å². The third-order valence-electron chi connectivity index (χ3n) is 3.12. The number of ether oxygens (including phenoxy) is 1. The van der Waals surface area contributed by atoms with Gasteiger partial charge >= 0.3 is 0 Å². The van der Waals surface area contributed by atoms with Crippen LogP contribution >= 0.6 is 0 Å². The van der Waals surface area contributed by atoms with Gasteiger partial charge < -0.3 is 15.4 Å². The predicted octanol–water partition coefficient (Wildman–Crippen LogP) is 4.34. The van der Waals surface area contributed by atoms with Crippen LogP contribution in [0.25, 0.3) is 6.08 Å². The number of anilines is 2. The van der Waals surface area contributed by atoms with E-state index in [4.69, 9.17) is 4.74 Å². The van der Waals surface area contributed by atoms with Crippen LogP contribution in [0.4, 0.5) is 11.5 Å². The Morgan fingerprint density at radius 2 is 1.96 bits per heavy atom. The second-order valence-corrected chi connectivity index (χ2v) is 6.29. The van der Waals surface area contributed by atoms with Crippen LogP contribution in [0.1, 0.15) is 33.3 Å². The molecule has 2 aromatic rings. The lowest BCUT2D eigenvalue weighted by Crippen LogP contribution is -2.12. The Morgan fingerprint density at radius 1 is 1.16 bits per heavy atom. The first kappa shape index (κ1) is 18.5. The van der Waals surface area contributed by atoms with E-state index in [1.807, 2.05) is 64.1 Å². The second kappa shape index (κ2) is 8.87. The molecule has 5 nitrogen and oxygen atoms in total. The van der Waals surface area contributed by atoms with Crippen molar-refractivity contribution in [1.82, 2.24) is 4.98 Å². The van der Waals surface area contributed by atoms with E-state index >= 15 is 0 Å². The lowest BCUT2D eigenvalue weighted by Gasteiger charge is -2.10. The Kier molecular flexibility index (Phi) is 6.57. The normalized spacial score (nSPS) is 11.1. The molecule has 0 saturated heterocycles. The minimum Gasteiger partial charge on any atom is -0.491 e. The molecule has 1 aromatic carbocycles. The predicted molar refractivity (Wildman–Crippen MR) is 103 cm³/mol. The SMILES string of the molecule is CC(C)Nc1ccc(NC(=O)/C=C/c2cccc(OC(C)C)c2)cn1. The average Bonchev–Trinajstić information content (AvgIpc) is 2.54. The molecule has 1 amide bonds. The molecule has 0 saturated carbocycles. The van der Waals surface area contributed by atoms with Crippen LogP contribution in [0, 0.1) is 0 Å². The van der Waals surface area contributed by atoms with Gasteiger partial charge in [0.15, 0.2) is 0 Å². The Bertz CT molecular complexity index is 722. The van der Waals surface area contributed by atoms with Crippen LogP contribution in [-0.4, -0.2) is 23.0 Å². The monoisotopic (exact) mass is 339 g/mol. The number of pyridine rings is 1. The first-order valence-corrected chi connectivity index (χ1v) is 8.41. The van der Waals surface area contributed by atoms with E-state index in [2.05, 4.69) is 15.6 Å². The van der Waals surface area contributed by atoms with E-state index in [1.165, 1.54) is 6.08 Å². The van der Waals surface area contributed by atoms with Gasteiger partial charge in [0.2, 0.25) is 5.91 Å². The number of amides is 1. The van der Waals surface area contributed by atoms with Crippen molar-refractivity contribution in [2.75, 3.05) is 10.6 Å². The summed E-state index contributed by atoms with van der Waals surface area (Å²) in [6.45, 7) is 8.05. The number of carbonyl (C=O) groups excluding carboxylic acids is 1. The van der Waals surface area contributed by atoms with E-state index in [0.29, 0.717) is 11.7 Å². The van der Waals surface area contributed by atoms with Gasteiger partial charge in [-0.25, -0.2) is 4.98 Å². The number of hydrogen-bond acceptors (Lipinski definition) is 4. The highest BCUT2D eigenvalue weighted by molar-refractivity contribution is 6.01. The Hall–Kier alpha value is -2.82. The summed E-state index contributed by atoms with van der Waals surface area (Å²) in [7, 11) is 0. The fourth-order valence-corrected chi connectivity index (χ4v) is 2.17. The minimum atomic E-state index is -0.207. The number of rotatable bonds is 7. The van der Waals surface area contributed by atoms with Gasteiger partial charge in [0.1, 0.15) is 11.6 Å². The van der Waals surface area contributed by atoms with Crippen LogP contribution in [-0.2, 0) is 4.79 Å². The number of nitrogens with zero attached hydrogens (tertiary/aromatic N) is 1. The molecule has 0 fully saturated rings. The number of aromatic nitrogens is 1. The van der Waals surface area contributed by atoms with Gasteiger partial charge in [0.05, 0.1) is 18.0 Å². The Morgan fingerprint density at radius 3 is 2.60 bits per heavy atom. The second-order valence-electron chi connectivity index (χ2n) is 6.29. The standard InChI is InChI=1S/C20H25N3O2/c1-14(2)22-19-10-9-17(13-21-19)23-20(24)11-8-16-6-5-7-18(12-16)25-15(3)4/h5-15H,1-4H3,(H,21,22)(H,23,24)/b11-8+. The number of nitrogens with one attached hydrogen (secondary N) is 2. The Balaban J connectivity index is 1.94. The highest BCUT2D eigenvalue weighted by atomic mass is 16.5. The van der Waals surface area contributed by atoms with Gasteiger partial charge in [0, 0.05) is 12.1 Å². The molecule has 2 N–H and O–H groups in total. The molecule has 1 heterocycles. The first-order chi connectivity index (χ1) is 11.9. The van der Waals surface area contributed by atoms with E-state index in [-0.39, 0.29) is 12.0 Å². The highest BCUT2D eigenvalue weighted by Crippen LogP contribution is 2.16. The van der Waals surface area contributed by atoms with E-state index in [1.54, 1.807) is 12.3 Å². The van der Waals surface area contributed by atoms with Gasteiger partial charge in [-0.05, 0) is 63.6 Å². The van der Waals surface area contributed by atoms with Crippen molar-refractivity contribution in [3.63, 3.8) is 0 Å². The maximum Gasteiger partial charge on any atom is 0.248 e. The minimum absolute atomic E-state index is 0.114. The highest BCUT2D eigenvalue weighted by Gasteiger charge is 2.01. The fourth-order valence-electron chi connectivity index (χ4n) is 2.17. The van der Waals surface area contributed by atoms with Gasteiger partial charge in [-0.3, -0.25) is 4.79 Å². The number of hydrogen-bond donors (Lipinski definition) is 2. The largest absolute Gasteiger partial charge is 0.491 e. The van der Waals surface area contributed by atoms with Crippen molar-refractivity contribution < 1.29 is 9.53 Å². The van der Waals surface area contributed by atoms with E-state index < -0.39 is 0 Å². The summed E-state index contributed by atoms with van der Waals surface area (Å²) in [5.74, 6) is 1.36. The number of carbonyl (C=O) groups is 1. The molecule has 0 unspecified atom stereocenters. The van der Waals surface area contributed by atoms with Crippen LogP contribution < -0.4 is 15.4 Å². The van der Waals surface area contributed by atoms with Crippen molar-refractivity contribution in [2.45, 2.75) is 39.8 Å². The van der Waals surface area contributed by atoms with Crippen LogP contribution in [0.2, 0.25) is 0 Å². The van der Waals surface area contributed by atoms with E-state index in [9.17, 15) is 4.79 Å². The maximum atomic E-state index is 12.0. The topological polar surface area (TPSA) is 63.2 Å². The molecule has 1 aromatic heterocycles. The van der Waals surface area contributed by atoms with Crippen LogP contribution in [0.15, 0.2) is 48.7 Å². The number of benzene rings is 1. The summed E-state index contributed by atoms with van der Waals surface area (Å²) in [6, 6.07) is 11.6. The zero-order valence-electron chi connectivity index (χ0n) is 15.1. The first-order valence-electron chi connectivity index (χ1n) is 8.41. The van der Waals surface area contributed by atoms with Crippen molar-refractivity contribution in [3.05, 3.63) is 54.2 Å². The molecule has 0 aliphatic rings. The molecule has 132 valence electrons. The molecule has 5 heteroatoms. The summed E-state index contributed by atoms with van der Waals surface area (Å²) in [6.07, 6.45) is 5.00. The molecule has 2 rings (SSSR count). The van der Waals surface area contributed by atoms with Crippen molar-refractivity contribution >= 4 is 23.5 Å². The summed E-state index contributed by atoms with van der Waals surface area (Å²) >= 11 is 0. The molecule has 0 bridgehead atoms. The van der Waals surface area contributed by atoms with Crippen LogP contribution in [0.3, 0.4) is 0 Å². The lowest BCUT2D eigenvalue weighted by molar-refractivity contribution is -0.111.